The highest BCUT2D eigenvalue weighted by Crippen LogP contribution is 2.33. The van der Waals surface area contributed by atoms with Crippen LogP contribution in [0.4, 0.5) is 4.79 Å². The first-order valence-corrected chi connectivity index (χ1v) is 8.02. The van der Waals surface area contributed by atoms with Gasteiger partial charge in [-0.1, -0.05) is 23.7 Å². The van der Waals surface area contributed by atoms with Crippen molar-refractivity contribution in [3.8, 4) is 0 Å². The van der Waals surface area contributed by atoms with Crippen molar-refractivity contribution in [2.75, 3.05) is 6.54 Å². The number of rotatable bonds is 2. The number of ether oxygens (including phenoxy) is 1. The molecule has 0 saturated heterocycles. The maximum absolute atomic E-state index is 12.5. The van der Waals surface area contributed by atoms with Crippen molar-refractivity contribution >= 4 is 23.5 Å². The van der Waals surface area contributed by atoms with Gasteiger partial charge in [-0.15, -0.1) is 0 Å². The number of benzene rings is 1. The van der Waals surface area contributed by atoms with E-state index in [1.807, 2.05) is 32.9 Å². The van der Waals surface area contributed by atoms with Crippen LogP contribution in [0, 0.1) is 0 Å². The van der Waals surface area contributed by atoms with Crippen LogP contribution in [-0.4, -0.2) is 28.9 Å². The highest BCUT2D eigenvalue weighted by molar-refractivity contribution is 6.30. The van der Waals surface area contributed by atoms with Gasteiger partial charge in [-0.3, -0.25) is 9.69 Å². The minimum atomic E-state index is -0.563. The van der Waals surface area contributed by atoms with Crippen LogP contribution >= 0.6 is 11.6 Å². The Morgan fingerprint density at radius 1 is 1.35 bits per heavy atom. The number of ketones is 1. The van der Waals surface area contributed by atoms with Crippen LogP contribution in [0.2, 0.25) is 5.02 Å². The molecule has 1 amide bonds. The molecule has 1 heterocycles. The Hall–Kier alpha value is -1.81. The lowest BCUT2D eigenvalue weighted by Gasteiger charge is -2.36. The van der Waals surface area contributed by atoms with Crippen molar-refractivity contribution in [3.63, 3.8) is 0 Å². The van der Waals surface area contributed by atoms with E-state index in [-0.39, 0.29) is 17.9 Å². The lowest BCUT2D eigenvalue weighted by Crippen LogP contribution is -2.42. The Bertz CT molecular complexity index is 646. The first kappa shape index (κ1) is 17.5. The zero-order valence-corrected chi connectivity index (χ0v) is 14.7. The maximum atomic E-state index is 12.5. The standard InChI is InChI=1S/C18H22ClNO3/c1-12(21)5-8-16-15-7-6-14(19)11-13(15)9-10-20(16)17(22)23-18(2,3)4/h5-8,11,16H,9-10H2,1-4H3/b8-5+. The molecule has 1 aromatic rings. The van der Waals surface area contributed by atoms with Gasteiger partial charge in [0.2, 0.25) is 0 Å². The molecule has 0 fully saturated rings. The molecule has 1 aliphatic heterocycles. The van der Waals surface area contributed by atoms with Crippen LogP contribution in [0.25, 0.3) is 0 Å². The van der Waals surface area contributed by atoms with E-state index in [0.29, 0.717) is 18.0 Å². The Morgan fingerprint density at radius 2 is 2.04 bits per heavy atom. The van der Waals surface area contributed by atoms with Crippen LogP contribution in [0.5, 0.6) is 0 Å². The Morgan fingerprint density at radius 3 is 2.65 bits per heavy atom. The van der Waals surface area contributed by atoms with Gasteiger partial charge in [-0.25, -0.2) is 4.79 Å². The zero-order valence-electron chi connectivity index (χ0n) is 13.9. The lowest BCUT2D eigenvalue weighted by atomic mass is 9.92. The molecule has 4 nitrogen and oxygen atoms in total. The quantitative estimate of drug-likeness (QED) is 0.756. The average Bonchev–Trinajstić information content (AvgIpc) is 2.42. The summed E-state index contributed by atoms with van der Waals surface area (Å²) in [6.45, 7) is 7.52. The minimum absolute atomic E-state index is 0.0600. The number of carbonyl (C=O) groups is 2. The number of allylic oxidation sites excluding steroid dienone is 1. The highest BCUT2D eigenvalue weighted by atomic mass is 35.5. The molecule has 124 valence electrons. The van der Waals surface area contributed by atoms with E-state index < -0.39 is 5.60 Å². The van der Waals surface area contributed by atoms with Crippen LogP contribution in [0.3, 0.4) is 0 Å². The monoisotopic (exact) mass is 335 g/mol. The lowest BCUT2D eigenvalue weighted by molar-refractivity contribution is -0.112. The largest absolute Gasteiger partial charge is 0.444 e. The van der Waals surface area contributed by atoms with Crippen LogP contribution in [-0.2, 0) is 16.0 Å². The molecule has 5 heteroatoms. The molecule has 0 bridgehead atoms. The number of carbonyl (C=O) groups excluding carboxylic acids is 2. The Balaban J connectivity index is 2.37. The Labute approximate surface area is 142 Å². The van der Waals surface area contributed by atoms with E-state index in [4.69, 9.17) is 16.3 Å². The van der Waals surface area contributed by atoms with Crippen LogP contribution in [0.1, 0.15) is 44.9 Å². The molecule has 0 aliphatic carbocycles. The number of hydrogen-bond donors (Lipinski definition) is 0. The number of amides is 1. The summed E-state index contributed by atoms with van der Waals surface area (Å²) in [5, 5.41) is 0.670. The van der Waals surface area contributed by atoms with Gasteiger partial charge in [0.05, 0.1) is 6.04 Å². The second-order valence-electron chi connectivity index (χ2n) is 6.68. The number of nitrogens with zero attached hydrogens (tertiary/aromatic N) is 1. The predicted molar refractivity (Wildman–Crippen MR) is 90.7 cm³/mol. The smallest absolute Gasteiger partial charge is 0.411 e. The van der Waals surface area contributed by atoms with Gasteiger partial charge < -0.3 is 4.74 Å². The number of hydrogen-bond acceptors (Lipinski definition) is 3. The summed E-state index contributed by atoms with van der Waals surface area (Å²) in [5.74, 6) is -0.0600. The fourth-order valence-corrected chi connectivity index (χ4v) is 2.78. The van der Waals surface area contributed by atoms with Crippen LogP contribution < -0.4 is 0 Å². The van der Waals surface area contributed by atoms with Crippen molar-refractivity contribution in [1.29, 1.82) is 0 Å². The molecule has 1 aromatic carbocycles. The third-order valence-electron chi connectivity index (χ3n) is 3.52. The van der Waals surface area contributed by atoms with Crippen molar-refractivity contribution in [2.24, 2.45) is 0 Å². The van der Waals surface area contributed by atoms with Crippen molar-refractivity contribution in [3.05, 3.63) is 46.5 Å². The van der Waals surface area contributed by atoms with Gasteiger partial charge in [0.25, 0.3) is 0 Å². The SMILES string of the molecule is CC(=O)/C=C/C1c2ccc(Cl)cc2CCN1C(=O)OC(C)(C)C. The molecule has 0 aromatic heterocycles. The maximum Gasteiger partial charge on any atom is 0.411 e. The summed E-state index contributed by atoms with van der Waals surface area (Å²) in [6.07, 6.45) is 3.57. The molecule has 1 aliphatic rings. The summed E-state index contributed by atoms with van der Waals surface area (Å²) in [6, 6.07) is 5.30. The second kappa shape index (κ2) is 6.75. The van der Waals surface area contributed by atoms with Gasteiger partial charge in [0.1, 0.15) is 5.60 Å². The fourth-order valence-electron chi connectivity index (χ4n) is 2.59. The van der Waals surface area contributed by atoms with E-state index >= 15 is 0 Å². The normalized spacial score (nSPS) is 18.0. The Kier molecular flexibility index (Phi) is 5.15. The highest BCUT2D eigenvalue weighted by Gasteiger charge is 2.32. The molecule has 1 unspecified atom stereocenters. The first-order chi connectivity index (χ1) is 10.7. The van der Waals surface area contributed by atoms with Gasteiger partial charge >= 0.3 is 6.09 Å². The van der Waals surface area contributed by atoms with Crippen molar-refractivity contribution < 1.29 is 14.3 Å². The molecule has 0 N–H and O–H groups in total. The summed E-state index contributed by atoms with van der Waals surface area (Å²) in [5.41, 5.74) is 1.51. The topological polar surface area (TPSA) is 46.6 Å². The predicted octanol–water partition coefficient (Wildman–Crippen LogP) is 4.32. The molecular formula is C18H22ClNO3. The molecular weight excluding hydrogens is 314 g/mol. The molecule has 0 saturated carbocycles. The van der Waals surface area contributed by atoms with E-state index in [0.717, 1.165) is 11.1 Å². The molecule has 0 spiro atoms. The number of halogens is 1. The van der Waals surface area contributed by atoms with E-state index in [9.17, 15) is 9.59 Å². The van der Waals surface area contributed by atoms with E-state index in [2.05, 4.69) is 0 Å². The minimum Gasteiger partial charge on any atom is -0.444 e. The summed E-state index contributed by atoms with van der Waals surface area (Å²) in [7, 11) is 0. The first-order valence-electron chi connectivity index (χ1n) is 7.64. The fraction of sp³-hybridized carbons (Fsp3) is 0.444. The molecule has 0 radical (unpaired) electrons. The second-order valence-corrected chi connectivity index (χ2v) is 7.12. The molecule has 2 rings (SSSR count). The van der Waals surface area contributed by atoms with Gasteiger partial charge in [0, 0.05) is 11.6 Å². The van der Waals surface area contributed by atoms with E-state index in [1.54, 1.807) is 17.0 Å². The average molecular weight is 336 g/mol. The van der Waals surface area contributed by atoms with Gasteiger partial charge in [-0.2, -0.15) is 0 Å². The molecule has 23 heavy (non-hydrogen) atoms. The summed E-state index contributed by atoms with van der Waals surface area (Å²) < 4.78 is 5.50. The van der Waals surface area contributed by atoms with Crippen LogP contribution in [0.15, 0.2) is 30.4 Å². The number of fused-ring (bicyclic) bond motifs is 1. The van der Waals surface area contributed by atoms with E-state index in [1.165, 1.54) is 13.0 Å². The van der Waals surface area contributed by atoms with Gasteiger partial charge in [-0.05, 0) is 63.5 Å². The zero-order chi connectivity index (χ0) is 17.2. The molecule has 1 atom stereocenters. The summed E-state index contributed by atoms with van der Waals surface area (Å²) >= 11 is 6.06. The van der Waals surface area contributed by atoms with Crippen molar-refractivity contribution in [1.82, 2.24) is 4.90 Å². The van der Waals surface area contributed by atoms with Gasteiger partial charge in [0.15, 0.2) is 5.78 Å². The third kappa shape index (κ3) is 4.58. The third-order valence-corrected chi connectivity index (χ3v) is 3.76. The summed E-state index contributed by atoms with van der Waals surface area (Å²) in [4.78, 5) is 25.5. The van der Waals surface area contributed by atoms with Crippen molar-refractivity contribution in [2.45, 2.75) is 45.8 Å².